The molecule has 1 rings (SSSR count). The van der Waals surface area contributed by atoms with Gasteiger partial charge in [-0.05, 0) is 12.1 Å². The summed E-state index contributed by atoms with van der Waals surface area (Å²) in [5.41, 5.74) is 0. The van der Waals surface area contributed by atoms with Gasteiger partial charge in [0.2, 0.25) is 0 Å². The molecule has 13 heavy (non-hydrogen) atoms. The van der Waals surface area contributed by atoms with Gasteiger partial charge in [0.05, 0.1) is 4.90 Å². The van der Waals surface area contributed by atoms with Crippen molar-refractivity contribution in [2.24, 2.45) is 0 Å². The van der Waals surface area contributed by atoms with E-state index in [1.165, 1.54) is 12.2 Å². The van der Waals surface area contributed by atoms with Crippen LogP contribution in [-0.4, -0.2) is 8.42 Å². The van der Waals surface area contributed by atoms with Gasteiger partial charge in [-0.25, -0.2) is 8.42 Å². The second-order valence-electron chi connectivity index (χ2n) is 2.42. The highest BCUT2D eigenvalue weighted by Gasteiger charge is 2.07. The van der Waals surface area contributed by atoms with Crippen molar-refractivity contribution in [1.82, 2.24) is 0 Å². The van der Waals surface area contributed by atoms with Crippen LogP contribution in [0.3, 0.4) is 0 Å². The zero-order valence-corrected chi connectivity index (χ0v) is 7.87. The van der Waals surface area contributed by atoms with Crippen LogP contribution in [-0.2, 0) is 9.84 Å². The number of rotatable bonds is 3. The molecule has 2 nitrogen and oxygen atoms in total. The molecule has 0 unspecified atom stereocenters. The third-order valence-electron chi connectivity index (χ3n) is 1.47. The molecule has 0 heterocycles. The smallest absolute Gasteiger partial charge is 0.199 e. The van der Waals surface area contributed by atoms with E-state index in [0.29, 0.717) is 4.90 Å². The minimum atomic E-state index is -3.27. The average Bonchev–Trinajstić information content (AvgIpc) is 2.16. The molecule has 0 aliphatic heterocycles. The first-order valence-electron chi connectivity index (χ1n) is 3.76. The fourth-order valence-corrected chi connectivity index (χ4v) is 1.86. The van der Waals surface area contributed by atoms with Crippen LogP contribution in [0.2, 0.25) is 0 Å². The Balaban J connectivity index is 3.09. The molecule has 0 atom stereocenters. The van der Waals surface area contributed by atoms with E-state index in [0.717, 1.165) is 5.41 Å². The predicted octanol–water partition coefficient (Wildman–Crippen LogP) is 2.16. The van der Waals surface area contributed by atoms with E-state index < -0.39 is 9.84 Å². The van der Waals surface area contributed by atoms with Gasteiger partial charge in [0.1, 0.15) is 0 Å². The molecular formula is C10H10O2S. The molecule has 3 heteroatoms. The molecule has 0 aliphatic carbocycles. The number of benzene rings is 1. The molecule has 0 spiro atoms. The van der Waals surface area contributed by atoms with Gasteiger partial charge in [-0.15, -0.1) is 0 Å². The van der Waals surface area contributed by atoms with E-state index in [1.54, 1.807) is 30.3 Å². The van der Waals surface area contributed by atoms with Crippen LogP contribution >= 0.6 is 0 Å². The number of sulfone groups is 1. The lowest BCUT2D eigenvalue weighted by Crippen LogP contribution is -1.94. The first-order valence-corrected chi connectivity index (χ1v) is 5.31. The Morgan fingerprint density at radius 1 is 1.15 bits per heavy atom. The summed E-state index contributed by atoms with van der Waals surface area (Å²) < 4.78 is 22.9. The summed E-state index contributed by atoms with van der Waals surface area (Å²) in [4.78, 5) is 0.299. The summed E-state index contributed by atoms with van der Waals surface area (Å²) in [7, 11) is -3.27. The van der Waals surface area contributed by atoms with Crippen molar-refractivity contribution in [2.45, 2.75) is 4.90 Å². The molecule has 0 aliphatic rings. The molecule has 0 saturated heterocycles. The van der Waals surface area contributed by atoms with Gasteiger partial charge < -0.3 is 0 Å². The van der Waals surface area contributed by atoms with Gasteiger partial charge in [-0.2, -0.15) is 0 Å². The highest BCUT2D eigenvalue weighted by Crippen LogP contribution is 2.10. The van der Waals surface area contributed by atoms with Crippen LogP contribution in [0.5, 0.6) is 0 Å². The third kappa shape index (κ3) is 2.56. The van der Waals surface area contributed by atoms with Gasteiger partial charge in [0, 0.05) is 5.41 Å². The normalized spacial score (nSPS) is 11.7. The van der Waals surface area contributed by atoms with Crippen LogP contribution in [0.25, 0.3) is 0 Å². The highest BCUT2D eigenvalue weighted by molar-refractivity contribution is 7.94. The summed E-state index contributed by atoms with van der Waals surface area (Å²) in [6.45, 7) is 3.41. The lowest BCUT2D eigenvalue weighted by molar-refractivity contribution is 0.604. The van der Waals surface area contributed by atoms with E-state index in [-0.39, 0.29) is 0 Å². The van der Waals surface area contributed by atoms with Gasteiger partial charge in [0.25, 0.3) is 0 Å². The second kappa shape index (κ2) is 4.05. The largest absolute Gasteiger partial charge is 0.219 e. The zero-order valence-electron chi connectivity index (χ0n) is 7.05. The summed E-state index contributed by atoms with van der Waals surface area (Å²) in [6, 6.07) is 8.27. The molecule has 0 aromatic heterocycles. The topological polar surface area (TPSA) is 34.1 Å². The van der Waals surface area contributed by atoms with Gasteiger partial charge in [-0.3, -0.25) is 0 Å². The molecule has 1 aromatic carbocycles. The zero-order chi connectivity index (χ0) is 9.73. The fraction of sp³-hybridized carbons (Fsp3) is 0. The van der Waals surface area contributed by atoms with E-state index >= 15 is 0 Å². The predicted molar refractivity (Wildman–Crippen MR) is 53.0 cm³/mol. The summed E-state index contributed by atoms with van der Waals surface area (Å²) in [5.74, 6) is 0. The monoisotopic (exact) mass is 194 g/mol. The fourth-order valence-electron chi connectivity index (χ4n) is 0.848. The maximum Gasteiger partial charge on any atom is 0.199 e. The van der Waals surface area contributed by atoms with Crippen molar-refractivity contribution in [2.75, 3.05) is 0 Å². The molecule has 0 saturated carbocycles. The van der Waals surface area contributed by atoms with Crippen molar-refractivity contribution in [3.63, 3.8) is 0 Å². The molecular weight excluding hydrogens is 184 g/mol. The Morgan fingerprint density at radius 3 is 2.31 bits per heavy atom. The average molecular weight is 194 g/mol. The lowest BCUT2D eigenvalue weighted by atomic mass is 10.4. The first-order chi connectivity index (χ1) is 6.17. The Hall–Kier alpha value is -1.35. The van der Waals surface area contributed by atoms with E-state index in [2.05, 4.69) is 6.58 Å². The number of hydrogen-bond donors (Lipinski definition) is 0. The lowest BCUT2D eigenvalue weighted by Gasteiger charge is -1.96. The number of hydrogen-bond acceptors (Lipinski definition) is 2. The standard InChI is InChI=1S/C10H10O2S/c1-2-3-9-13(11,12)10-7-5-4-6-8-10/h2-9H,1H2. The molecule has 0 amide bonds. The van der Waals surface area contributed by atoms with E-state index in [4.69, 9.17) is 0 Å². The van der Waals surface area contributed by atoms with Crippen LogP contribution in [0.15, 0.2) is 59.4 Å². The Bertz CT molecular complexity index is 402. The van der Waals surface area contributed by atoms with Crippen LogP contribution < -0.4 is 0 Å². The molecule has 0 N–H and O–H groups in total. The minimum Gasteiger partial charge on any atom is -0.219 e. The SMILES string of the molecule is C=CC=CS(=O)(=O)c1ccccc1. The van der Waals surface area contributed by atoms with Gasteiger partial charge >= 0.3 is 0 Å². The third-order valence-corrected chi connectivity index (χ3v) is 2.91. The van der Waals surface area contributed by atoms with Crippen molar-refractivity contribution >= 4 is 9.84 Å². The molecule has 68 valence electrons. The van der Waals surface area contributed by atoms with Crippen LogP contribution in [0.4, 0.5) is 0 Å². The quantitative estimate of drug-likeness (QED) is 0.691. The first kappa shape index (κ1) is 9.74. The summed E-state index contributed by atoms with van der Waals surface area (Å²) in [5, 5.41) is 1.13. The van der Waals surface area contributed by atoms with E-state index in [9.17, 15) is 8.42 Å². The van der Waals surface area contributed by atoms with E-state index in [1.807, 2.05) is 0 Å². The van der Waals surface area contributed by atoms with Crippen molar-refractivity contribution in [3.8, 4) is 0 Å². The summed E-state index contributed by atoms with van der Waals surface area (Å²) >= 11 is 0. The maximum atomic E-state index is 11.5. The van der Waals surface area contributed by atoms with Crippen molar-refractivity contribution in [3.05, 3.63) is 54.5 Å². The van der Waals surface area contributed by atoms with Crippen molar-refractivity contribution < 1.29 is 8.42 Å². The van der Waals surface area contributed by atoms with Crippen molar-refractivity contribution in [1.29, 1.82) is 0 Å². The molecule has 1 aromatic rings. The van der Waals surface area contributed by atoms with Gasteiger partial charge in [0.15, 0.2) is 9.84 Å². The van der Waals surface area contributed by atoms with Crippen LogP contribution in [0, 0.1) is 0 Å². The minimum absolute atomic E-state index is 0.299. The van der Waals surface area contributed by atoms with Crippen LogP contribution in [0.1, 0.15) is 0 Å². The van der Waals surface area contributed by atoms with Gasteiger partial charge in [-0.1, -0.05) is 36.9 Å². The highest BCUT2D eigenvalue weighted by atomic mass is 32.2. The molecule has 0 fully saturated rings. The Labute approximate surface area is 78.1 Å². The second-order valence-corrected chi connectivity index (χ2v) is 4.26. The summed E-state index contributed by atoms with van der Waals surface area (Å²) in [6.07, 6.45) is 2.84. The molecule has 0 bridgehead atoms. The number of allylic oxidation sites excluding steroid dienone is 2. The Morgan fingerprint density at radius 2 is 1.77 bits per heavy atom. The maximum absolute atomic E-state index is 11.5. The molecule has 0 radical (unpaired) electrons. The Kier molecular flexibility index (Phi) is 3.03.